The molecule has 0 bridgehead atoms. The molecule has 0 saturated carbocycles. The van der Waals surface area contributed by atoms with Crippen molar-refractivity contribution in [2.75, 3.05) is 23.7 Å². The molecule has 0 atom stereocenters. The van der Waals surface area contributed by atoms with Crippen LogP contribution in [0.3, 0.4) is 0 Å². The number of anilines is 3. The summed E-state index contributed by atoms with van der Waals surface area (Å²) in [4.78, 5) is 24.7. The van der Waals surface area contributed by atoms with Crippen LogP contribution in [-0.4, -0.2) is 33.9 Å². The Morgan fingerprint density at radius 1 is 1.00 bits per heavy atom. The van der Waals surface area contributed by atoms with Crippen molar-refractivity contribution >= 4 is 39.3 Å². The van der Waals surface area contributed by atoms with Gasteiger partial charge in [0.25, 0.3) is 5.91 Å². The van der Waals surface area contributed by atoms with E-state index in [0.717, 1.165) is 15.9 Å². The van der Waals surface area contributed by atoms with Crippen LogP contribution in [0.25, 0.3) is 0 Å². The maximum absolute atomic E-state index is 12.1. The van der Waals surface area contributed by atoms with Gasteiger partial charge in [0.1, 0.15) is 23.8 Å². The van der Waals surface area contributed by atoms with Crippen LogP contribution in [0.2, 0.25) is 0 Å². The highest BCUT2D eigenvalue weighted by atomic mass is 79.9. The number of rotatable bonds is 7. The van der Waals surface area contributed by atoms with E-state index in [9.17, 15) is 4.79 Å². The Bertz CT molecular complexity index is 933. The molecule has 138 valence electrons. The third kappa shape index (κ3) is 5.75. The average molecular weight is 427 g/mol. The predicted octanol–water partition coefficient (Wildman–Crippen LogP) is 3.53. The maximum atomic E-state index is 12.1. The summed E-state index contributed by atoms with van der Waals surface area (Å²) in [6, 6.07) is 12.9. The van der Waals surface area contributed by atoms with Gasteiger partial charge < -0.3 is 16.0 Å². The largest absolute Gasteiger partial charge is 0.368 e. The van der Waals surface area contributed by atoms with Crippen LogP contribution < -0.4 is 16.0 Å². The fourth-order valence-electron chi connectivity index (χ4n) is 2.36. The number of pyridine rings is 1. The second-order valence-corrected chi connectivity index (χ2v) is 6.74. The van der Waals surface area contributed by atoms with Crippen molar-refractivity contribution in [3.8, 4) is 0 Å². The van der Waals surface area contributed by atoms with Crippen LogP contribution in [0.15, 0.2) is 59.5 Å². The van der Waals surface area contributed by atoms with E-state index in [1.54, 1.807) is 24.4 Å². The number of aromatic nitrogens is 3. The lowest BCUT2D eigenvalue weighted by molar-refractivity contribution is 0.0955. The molecule has 0 fully saturated rings. The SMILES string of the molecule is Cc1ccnc(Nc2cc(NCCNC(=O)c3cccc(Br)c3)ncn2)c1. The first-order valence-corrected chi connectivity index (χ1v) is 9.19. The van der Waals surface area contributed by atoms with Gasteiger partial charge in [0.05, 0.1) is 0 Å². The monoisotopic (exact) mass is 426 g/mol. The number of amides is 1. The molecule has 2 heterocycles. The van der Waals surface area contributed by atoms with Crippen LogP contribution in [0.4, 0.5) is 17.5 Å². The smallest absolute Gasteiger partial charge is 0.251 e. The molecular formula is C19H19BrN6O. The summed E-state index contributed by atoms with van der Waals surface area (Å²) >= 11 is 3.36. The summed E-state index contributed by atoms with van der Waals surface area (Å²) in [7, 11) is 0. The minimum atomic E-state index is -0.117. The summed E-state index contributed by atoms with van der Waals surface area (Å²) in [5, 5.41) is 9.17. The van der Waals surface area contributed by atoms with Gasteiger partial charge >= 0.3 is 0 Å². The first-order valence-electron chi connectivity index (χ1n) is 8.39. The van der Waals surface area contributed by atoms with Gasteiger partial charge in [-0.05, 0) is 42.8 Å². The number of nitrogens with one attached hydrogen (secondary N) is 3. The Hall–Kier alpha value is -3.00. The molecule has 0 unspecified atom stereocenters. The Morgan fingerprint density at radius 3 is 2.63 bits per heavy atom. The molecule has 0 aliphatic carbocycles. The first kappa shape index (κ1) is 18.8. The van der Waals surface area contributed by atoms with Gasteiger partial charge in [-0.25, -0.2) is 15.0 Å². The van der Waals surface area contributed by atoms with Crippen molar-refractivity contribution in [1.82, 2.24) is 20.3 Å². The van der Waals surface area contributed by atoms with Crippen molar-refractivity contribution in [3.63, 3.8) is 0 Å². The van der Waals surface area contributed by atoms with Gasteiger partial charge in [-0.3, -0.25) is 4.79 Å². The lowest BCUT2D eigenvalue weighted by atomic mass is 10.2. The predicted molar refractivity (Wildman–Crippen MR) is 109 cm³/mol. The highest BCUT2D eigenvalue weighted by molar-refractivity contribution is 9.10. The van der Waals surface area contributed by atoms with Crippen molar-refractivity contribution < 1.29 is 4.79 Å². The molecule has 3 rings (SSSR count). The lowest BCUT2D eigenvalue weighted by Gasteiger charge is -2.09. The number of nitrogens with zero attached hydrogens (tertiary/aromatic N) is 3. The Morgan fingerprint density at radius 2 is 1.81 bits per heavy atom. The molecule has 1 amide bonds. The normalized spacial score (nSPS) is 10.3. The van der Waals surface area contributed by atoms with E-state index >= 15 is 0 Å². The van der Waals surface area contributed by atoms with Crippen molar-refractivity contribution in [2.45, 2.75) is 6.92 Å². The van der Waals surface area contributed by atoms with Gasteiger partial charge in [-0.15, -0.1) is 0 Å². The van der Waals surface area contributed by atoms with Gasteiger partial charge in [0.2, 0.25) is 0 Å². The van der Waals surface area contributed by atoms with E-state index in [0.29, 0.717) is 30.3 Å². The number of aryl methyl sites for hydroxylation is 1. The van der Waals surface area contributed by atoms with E-state index in [2.05, 4.69) is 46.8 Å². The topological polar surface area (TPSA) is 91.8 Å². The average Bonchev–Trinajstić information content (AvgIpc) is 2.65. The number of halogens is 1. The fourth-order valence-corrected chi connectivity index (χ4v) is 2.76. The van der Waals surface area contributed by atoms with E-state index in [-0.39, 0.29) is 5.91 Å². The molecule has 7 nitrogen and oxygen atoms in total. The molecule has 27 heavy (non-hydrogen) atoms. The maximum Gasteiger partial charge on any atom is 0.251 e. The van der Waals surface area contributed by atoms with E-state index < -0.39 is 0 Å². The number of benzene rings is 1. The van der Waals surface area contributed by atoms with Crippen LogP contribution in [0, 0.1) is 6.92 Å². The zero-order valence-corrected chi connectivity index (χ0v) is 16.3. The fraction of sp³-hybridized carbons (Fsp3) is 0.158. The second-order valence-electron chi connectivity index (χ2n) is 5.82. The van der Waals surface area contributed by atoms with Crippen molar-refractivity contribution in [1.29, 1.82) is 0 Å². The van der Waals surface area contributed by atoms with E-state index in [4.69, 9.17) is 0 Å². The molecule has 0 aliphatic heterocycles. The molecule has 2 aromatic heterocycles. The molecule has 0 saturated heterocycles. The Kier molecular flexibility index (Phi) is 6.32. The standard InChI is InChI=1S/C19H19BrN6O/c1-13-5-6-21-17(9-13)26-18-11-16(24-12-25-18)22-7-8-23-19(27)14-3-2-4-15(20)10-14/h2-6,9-12H,7-8H2,1H3,(H,23,27)(H2,21,22,24,25,26). The minimum absolute atomic E-state index is 0.117. The minimum Gasteiger partial charge on any atom is -0.368 e. The van der Waals surface area contributed by atoms with E-state index in [1.165, 1.54) is 6.33 Å². The van der Waals surface area contributed by atoms with Crippen LogP contribution in [0.5, 0.6) is 0 Å². The van der Waals surface area contributed by atoms with Gasteiger partial charge in [-0.2, -0.15) is 0 Å². The van der Waals surface area contributed by atoms with Crippen molar-refractivity contribution in [2.24, 2.45) is 0 Å². The molecule has 0 spiro atoms. The van der Waals surface area contributed by atoms with Gasteiger partial charge in [-0.1, -0.05) is 22.0 Å². The number of hydrogen-bond donors (Lipinski definition) is 3. The lowest BCUT2D eigenvalue weighted by Crippen LogP contribution is -2.28. The summed E-state index contributed by atoms with van der Waals surface area (Å²) < 4.78 is 0.873. The summed E-state index contributed by atoms with van der Waals surface area (Å²) in [5.74, 6) is 1.91. The molecule has 0 radical (unpaired) electrons. The summed E-state index contributed by atoms with van der Waals surface area (Å²) in [5.41, 5.74) is 1.73. The van der Waals surface area contributed by atoms with Crippen LogP contribution in [-0.2, 0) is 0 Å². The van der Waals surface area contributed by atoms with Crippen LogP contribution in [0.1, 0.15) is 15.9 Å². The molecular weight excluding hydrogens is 408 g/mol. The summed E-state index contributed by atoms with van der Waals surface area (Å²) in [6.45, 7) is 3.01. The van der Waals surface area contributed by atoms with Gasteiger partial charge in [0, 0.05) is 35.4 Å². The van der Waals surface area contributed by atoms with Crippen LogP contribution >= 0.6 is 15.9 Å². The number of hydrogen-bond acceptors (Lipinski definition) is 6. The molecule has 1 aromatic carbocycles. The van der Waals surface area contributed by atoms with Gasteiger partial charge in [0.15, 0.2) is 0 Å². The second kappa shape index (κ2) is 9.09. The first-order chi connectivity index (χ1) is 13.1. The molecule has 8 heteroatoms. The third-order valence-electron chi connectivity index (χ3n) is 3.64. The molecule has 0 aliphatic rings. The number of carbonyl (C=O) groups is 1. The molecule has 3 N–H and O–H groups in total. The van der Waals surface area contributed by atoms with E-state index in [1.807, 2.05) is 31.2 Å². The highest BCUT2D eigenvalue weighted by Crippen LogP contribution is 2.15. The zero-order chi connectivity index (χ0) is 19.1. The van der Waals surface area contributed by atoms with Crippen molar-refractivity contribution in [3.05, 3.63) is 70.6 Å². The zero-order valence-electron chi connectivity index (χ0n) is 14.7. The molecule has 3 aromatic rings. The Balaban J connectivity index is 1.49. The highest BCUT2D eigenvalue weighted by Gasteiger charge is 2.05. The third-order valence-corrected chi connectivity index (χ3v) is 4.14. The number of carbonyl (C=O) groups excluding carboxylic acids is 1. The quantitative estimate of drug-likeness (QED) is 0.500. The summed E-state index contributed by atoms with van der Waals surface area (Å²) in [6.07, 6.45) is 3.21. The Labute approximate surface area is 165 Å².